The van der Waals surface area contributed by atoms with Crippen molar-refractivity contribution in [2.24, 2.45) is 0 Å². The van der Waals surface area contributed by atoms with Crippen LogP contribution in [0.2, 0.25) is 5.02 Å². The van der Waals surface area contributed by atoms with Gasteiger partial charge in [0.2, 0.25) is 5.91 Å². The lowest BCUT2D eigenvalue weighted by molar-refractivity contribution is -0.120. The van der Waals surface area contributed by atoms with Gasteiger partial charge in [-0.05, 0) is 32.4 Å². The minimum absolute atomic E-state index is 0.0949. The zero-order chi connectivity index (χ0) is 17.2. The lowest BCUT2D eigenvalue weighted by atomic mass is 10.2. The van der Waals surface area contributed by atoms with E-state index in [1.165, 1.54) is 6.07 Å². The molecular weight excluding hydrogens is 320 g/mol. The number of carbonyl (C=O) groups is 2. The first-order valence-corrected chi connectivity index (χ1v) is 8.05. The lowest BCUT2D eigenvalue weighted by Gasteiger charge is -2.15. The Morgan fingerprint density at radius 2 is 1.87 bits per heavy atom. The van der Waals surface area contributed by atoms with Gasteiger partial charge in [-0.25, -0.2) is 0 Å². The van der Waals surface area contributed by atoms with Gasteiger partial charge in [-0.15, -0.1) is 0 Å². The maximum Gasteiger partial charge on any atom is 0.251 e. The molecule has 0 fully saturated rings. The van der Waals surface area contributed by atoms with E-state index in [4.69, 9.17) is 21.1 Å². The van der Waals surface area contributed by atoms with E-state index in [1.807, 2.05) is 20.8 Å². The number of nitrogens with one attached hydrogen (secondary N) is 2. The summed E-state index contributed by atoms with van der Waals surface area (Å²) in [5.74, 6) is 0.188. The fourth-order valence-electron chi connectivity index (χ4n) is 1.83. The van der Waals surface area contributed by atoms with Crippen LogP contribution in [0.1, 0.15) is 37.6 Å². The van der Waals surface area contributed by atoms with Gasteiger partial charge < -0.3 is 20.1 Å². The molecule has 0 unspecified atom stereocenters. The number of halogens is 1. The Morgan fingerprint density at radius 1 is 1.13 bits per heavy atom. The fraction of sp³-hybridized carbons (Fsp3) is 0.500. The maximum absolute atomic E-state index is 12.1. The molecule has 0 atom stereocenters. The molecule has 1 rings (SSSR count). The van der Waals surface area contributed by atoms with E-state index in [2.05, 4.69) is 10.6 Å². The predicted molar refractivity (Wildman–Crippen MR) is 89.4 cm³/mol. The van der Waals surface area contributed by atoms with Crippen LogP contribution in [0.5, 0.6) is 11.5 Å². The number of carbonyl (C=O) groups excluding carboxylic acids is 2. The van der Waals surface area contributed by atoms with Crippen LogP contribution in [0.25, 0.3) is 0 Å². The van der Waals surface area contributed by atoms with Crippen LogP contribution < -0.4 is 20.1 Å². The summed E-state index contributed by atoms with van der Waals surface area (Å²) in [7, 11) is 0. The van der Waals surface area contributed by atoms with Gasteiger partial charge in [0.25, 0.3) is 5.91 Å². The molecule has 6 nitrogen and oxygen atoms in total. The number of ether oxygens (including phenoxy) is 2. The Labute approximate surface area is 141 Å². The summed E-state index contributed by atoms with van der Waals surface area (Å²) in [5.41, 5.74) is 0.312. The van der Waals surface area contributed by atoms with E-state index in [1.54, 1.807) is 6.07 Å². The standard InChI is InChI=1S/C16H23ClN2O4/c1-4-7-23-15-12(17)8-11(9-13(15)22-6-3)16(21)19-10-14(20)18-5-2/h8-9H,4-7,10H2,1-3H3,(H,18,20)(H,19,21). The first-order valence-electron chi connectivity index (χ1n) is 7.67. The van der Waals surface area contributed by atoms with Gasteiger partial charge in [0.15, 0.2) is 11.5 Å². The summed E-state index contributed by atoms with van der Waals surface area (Å²) in [6.45, 7) is 6.96. The highest BCUT2D eigenvalue weighted by Crippen LogP contribution is 2.36. The number of hydrogen-bond donors (Lipinski definition) is 2. The van der Waals surface area contributed by atoms with E-state index in [9.17, 15) is 9.59 Å². The van der Waals surface area contributed by atoms with Crippen molar-refractivity contribution in [3.8, 4) is 11.5 Å². The Balaban J connectivity index is 2.90. The highest BCUT2D eigenvalue weighted by Gasteiger charge is 2.16. The molecule has 2 N–H and O–H groups in total. The quantitative estimate of drug-likeness (QED) is 0.722. The van der Waals surface area contributed by atoms with E-state index >= 15 is 0 Å². The molecule has 0 bridgehead atoms. The van der Waals surface area contributed by atoms with Crippen molar-refractivity contribution < 1.29 is 19.1 Å². The summed E-state index contributed by atoms with van der Waals surface area (Å²) in [5, 5.41) is 5.44. The van der Waals surface area contributed by atoms with Crippen molar-refractivity contribution in [1.82, 2.24) is 10.6 Å². The van der Waals surface area contributed by atoms with Gasteiger partial charge in [-0.1, -0.05) is 18.5 Å². The van der Waals surface area contributed by atoms with Crippen molar-refractivity contribution in [3.63, 3.8) is 0 Å². The van der Waals surface area contributed by atoms with Gasteiger partial charge in [0.1, 0.15) is 0 Å². The van der Waals surface area contributed by atoms with Crippen molar-refractivity contribution in [2.75, 3.05) is 26.3 Å². The number of hydrogen-bond acceptors (Lipinski definition) is 4. The molecule has 7 heteroatoms. The molecule has 0 radical (unpaired) electrons. The highest BCUT2D eigenvalue weighted by atomic mass is 35.5. The fourth-order valence-corrected chi connectivity index (χ4v) is 2.09. The van der Waals surface area contributed by atoms with Crippen LogP contribution in [0.3, 0.4) is 0 Å². The van der Waals surface area contributed by atoms with Crippen molar-refractivity contribution in [1.29, 1.82) is 0 Å². The van der Waals surface area contributed by atoms with Gasteiger partial charge >= 0.3 is 0 Å². The van der Waals surface area contributed by atoms with E-state index in [0.29, 0.717) is 41.8 Å². The van der Waals surface area contributed by atoms with Crippen LogP contribution in [0, 0.1) is 0 Å². The third-order valence-corrected chi connectivity index (χ3v) is 3.09. The Bertz CT molecular complexity index is 549. The minimum Gasteiger partial charge on any atom is -0.490 e. The second-order valence-corrected chi connectivity index (χ2v) is 5.11. The first kappa shape index (κ1) is 19.1. The zero-order valence-electron chi connectivity index (χ0n) is 13.7. The second kappa shape index (κ2) is 9.94. The van der Waals surface area contributed by atoms with Crippen molar-refractivity contribution in [3.05, 3.63) is 22.7 Å². The predicted octanol–water partition coefficient (Wildman–Crippen LogP) is 2.39. The summed E-state index contributed by atoms with van der Waals surface area (Å²) in [6.07, 6.45) is 0.830. The van der Waals surface area contributed by atoms with E-state index < -0.39 is 5.91 Å². The second-order valence-electron chi connectivity index (χ2n) is 4.70. The molecule has 0 aromatic heterocycles. The Morgan fingerprint density at radius 3 is 2.48 bits per heavy atom. The van der Waals surface area contributed by atoms with Crippen LogP contribution in [0.15, 0.2) is 12.1 Å². The molecule has 0 aliphatic carbocycles. The molecule has 0 aliphatic heterocycles. The lowest BCUT2D eigenvalue weighted by Crippen LogP contribution is -2.36. The summed E-state index contributed by atoms with van der Waals surface area (Å²) < 4.78 is 11.1. The van der Waals surface area contributed by atoms with E-state index in [-0.39, 0.29) is 12.5 Å². The average molecular weight is 343 g/mol. The van der Waals surface area contributed by atoms with Gasteiger partial charge in [0.05, 0.1) is 24.8 Å². The highest BCUT2D eigenvalue weighted by molar-refractivity contribution is 6.32. The number of likely N-dealkylation sites (N-methyl/N-ethyl adjacent to an activating group) is 1. The topological polar surface area (TPSA) is 76.7 Å². The van der Waals surface area contributed by atoms with Gasteiger partial charge in [0, 0.05) is 12.1 Å². The van der Waals surface area contributed by atoms with Crippen LogP contribution >= 0.6 is 11.6 Å². The van der Waals surface area contributed by atoms with Crippen LogP contribution in [0.4, 0.5) is 0 Å². The van der Waals surface area contributed by atoms with Crippen molar-refractivity contribution >= 4 is 23.4 Å². The molecule has 0 saturated carbocycles. The molecule has 1 aromatic rings. The van der Waals surface area contributed by atoms with Gasteiger partial charge in [-0.2, -0.15) is 0 Å². The molecule has 0 saturated heterocycles. The van der Waals surface area contributed by atoms with E-state index in [0.717, 1.165) is 6.42 Å². The average Bonchev–Trinajstić information content (AvgIpc) is 2.52. The summed E-state index contributed by atoms with van der Waals surface area (Å²) in [6, 6.07) is 3.07. The Hall–Kier alpha value is -1.95. The van der Waals surface area contributed by atoms with Crippen LogP contribution in [-0.4, -0.2) is 38.1 Å². The third kappa shape index (κ3) is 5.98. The number of rotatable bonds is 9. The Kier molecular flexibility index (Phi) is 8.26. The van der Waals surface area contributed by atoms with Crippen LogP contribution in [-0.2, 0) is 4.79 Å². The number of benzene rings is 1. The largest absolute Gasteiger partial charge is 0.490 e. The minimum atomic E-state index is -0.402. The monoisotopic (exact) mass is 342 g/mol. The molecule has 0 spiro atoms. The SMILES string of the molecule is CCCOc1c(Cl)cc(C(=O)NCC(=O)NCC)cc1OCC. The summed E-state index contributed by atoms with van der Waals surface area (Å²) >= 11 is 6.20. The third-order valence-electron chi connectivity index (χ3n) is 2.81. The summed E-state index contributed by atoms with van der Waals surface area (Å²) in [4.78, 5) is 23.5. The molecule has 1 aromatic carbocycles. The molecule has 128 valence electrons. The van der Waals surface area contributed by atoms with Crippen molar-refractivity contribution in [2.45, 2.75) is 27.2 Å². The molecule has 0 heterocycles. The first-order chi connectivity index (χ1) is 11.0. The zero-order valence-corrected chi connectivity index (χ0v) is 14.5. The molecular formula is C16H23ClN2O4. The number of amides is 2. The van der Waals surface area contributed by atoms with Gasteiger partial charge in [-0.3, -0.25) is 9.59 Å². The molecule has 2 amide bonds. The smallest absolute Gasteiger partial charge is 0.251 e. The maximum atomic E-state index is 12.1. The molecule has 0 aliphatic rings. The molecule has 23 heavy (non-hydrogen) atoms. The normalized spacial score (nSPS) is 10.1.